The molecule has 0 aliphatic heterocycles. The molecule has 0 aromatic carbocycles. The second-order valence-electron chi connectivity index (χ2n) is 2.27. The van der Waals surface area contributed by atoms with Crippen molar-refractivity contribution in [3.63, 3.8) is 0 Å². The first-order valence-corrected chi connectivity index (χ1v) is 3.54. The molecular weight excluding hydrogens is 132 g/mol. The van der Waals surface area contributed by atoms with Gasteiger partial charge >= 0.3 is 0 Å². The van der Waals surface area contributed by atoms with Crippen LogP contribution in [0.1, 0.15) is 26.2 Å². The van der Waals surface area contributed by atoms with Crippen molar-refractivity contribution in [2.24, 2.45) is 0 Å². The smallest absolute Gasteiger partial charge is 0.163 e. The Kier molecular flexibility index (Phi) is 5.16. The summed E-state index contributed by atoms with van der Waals surface area (Å²) in [5, 5.41) is 17.1. The van der Waals surface area contributed by atoms with Crippen molar-refractivity contribution in [2.75, 3.05) is 6.61 Å². The molecule has 60 valence electrons. The van der Waals surface area contributed by atoms with Crippen molar-refractivity contribution in [1.82, 2.24) is 0 Å². The Labute approximate surface area is 60.7 Å². The maximum atomic E-state index is 10.7. The van der Waals surface area contributed by atoms with Gasteiger partial charge in [-0.2, -0.15) is 0 Å². The molecule has 0 unspecified atom stereocenters. The van der Waals surface area contributed by atoms with Crippen LogP contribution in [0.4, 0.5) is 0 Å². The van der Waals surface area contributed by atoms with E-state index in [4.69, 9.17) is 10.2 Å². The van der Waals surface area contributed by atoms with E-state index in [1.54, 1.807) is 0 Å². The van der Waals surface area contributed by atoms with Crippen LogP contribution in [-0.2, 0) is 4.79 Å². The lowest BCUT2D eigenvalue weighted by molar-refractivity contribution is -0.129. The first-order valence-electron chi connectivity index (χ1n) is 3.54. The molecule has 0 fully saturated rings. The van der Waals surface area contributed by atoms with Crippen molar-refractivity contribution in [3.8, 4) is 0 Å². The highest BCUT2D eigenvalue weighted by Crippen LogP contribution is 1.98. The third-order valence-electron chi connectivity index (χ3n) is 1.32. The van der Waals surface area contributed by atoms with Gasteiger partial charge < -0.3 is 10.2 Å². The number of carbonyl (C=O) groups excluding carboxylic acids is 1. The molecule has 0 aromatic heterocycles. The summed E-state index contributed by atoms with van der Waals surface area (Å²) in [7, 11) is 0. The number of unbranched alkanes of at least 4 members (excludes halogenated alkanes) is 1. The number of hydrogen-bond acceptors (Lipinski definition) is 3. The maximum Gasteiger partial charge on any atom is 0.163 e. The third kappa shape index (κ3) is 3.58. The molecule has 0 heterocycles. The molecule has 0 rings (SSSR count). The quantitative estimate of drug-likeness (QED) is 0.578. The summed E-state index contributed by atoms with van der Waals surface area (Å²) in [6, 6.07) is 0. The zero-order valence-electron chi connectivity index (χ0n) is 6.21. The van der Waals surface area contributed by atoms with Gasteiger partial charge in [-0.25, -0.2) is 0 Å². The summed E-state index contributed by atoms with van der Waals surface area (Å²) in [4.78, 5) is 10.7. The summed E-state index contributed by atoms with van der Waals surface area (Å²) in [5.74, 6) is -0.260. The van der Waals surface area contributed by atoms with Crippen LogP contribution < -0.4 is 0 Å². The molecule has 0 bridgehead atoms. The summed E-state index contributed by atoms with van der Waals surface area (Å²) in [6.07, 6.45) is 0.935. The Morgan fingerprint density at radius 1 is 1.60 bits per heavy atom. The molecule has 1 atom stereocenters. The molecule has 0 aromatic rings. The molecule has 2 N–H and O–H groups in total. The highest BCUT2D eigenvalue weighted by molar-refractivity contribution is 5.82. The zero-order valence-corrected chi connectivity index (χ0v) is 6.21. The Morgan fingerprint density at radius 3 is 2.60 bits per heavy atom. The van der Waals surface area contributed by atoms with Gasteiger partial charge in [0.1, 0.15) is 6.10 Å². The minimum atomic E-state index is -1.16. The van der Waals surface area contributed by atoms with Crippen molar-refractivity contribution in [3.05, 3.63) is 0 Å². The molecule has 3 heteroatoms. The third-order valence-corrected chi connectivity index (χ3v) is 1.32. The number of aliphatic hydroxyl groups excluding tert-OH is 2. The Hall–Kier alpha value is -0.410. The van der Waals surface area contributed by atoms with E-state index < -0.39 is 12.7 Å². The molecule has 0 amide bonds. The first kappa shape index (κ1) is 9.59. The van der Waals surface area contributed by atoms with Crippen LogP contribution in [0, 0.1) is 0 Å². The van der Waals surface area contributed by atoms with Gasteiger partial charge in [-0.3, -0.25) is 4.79 Å². The summed E-state index contributed by atoms with van der Waals surface area (Å²) < 4.78 is 0. The SMILES string of the molecule is CCCCC(=O)[C@H](O)CO. The minimum absolute atomic E-state index is 0.260. The molecule has 0 radical (unpaired) electrons. The Bertz CT molecular complexity index is 101. The van der Waals surface area contributed by atoms with E-state index in [1.165, 1.54) is 0 Å². The first-order chi connectivity index (χ1) is 4.72. The number of rotatable bonds is 5. The number of hydrogen-bond donors (Lipinski definition) is 2. The van der Waals surface area contributed by atoms with E-state index >= 15 is 0 Å². The Balaban J connectivity index is 3.42. The summed E-state index contributed by atoms with van der Waals surface area (Å²) in [5.41, 5.74) is 0. The van der Waals surface area contributed by atoms with E-state index in [-0.39, 0.29) is 5.78 Å². The van der Waals surface area contributed by atoms with Crippen LogP contribution in [0.2, 0.25) is 0 Å². The number of carbonyl (C=O) groups is 1. The topological polar surface area (TPSA) is 57.5 Å². The molecule has 0 saturated carbocycles. The maximum absolute atomic E-state index is 10.7. The van der Waals surface area contributed by atoms with E-state index in [0.717, 1.165) is 12.8 Å². The highest BCUT2D eigenvalue weighted by atomic mass is 16.3. The van der Waals surface area contributed by atoms with Crippen molar-refractivity contribution in [2.45, 2.75) is 32.3 Å². The van der Waals surface area contributed by atoms with Gasteiger partial charge in [0.2, 0.25) is 0 Å². The summed E-state index contributed by atoms with van der Waals surface area (Å²) >= 11 is 0. The van der Waals surface area contributed by atoms with E-state index in [0.29, 0.717) is 6.42 Å². The number of aliphatic hydroxyl groups is 2. The van der Waals surface area contributed by atoms with Crippen molar-refractivity contribution < 1.29 is 15.0 Å². The van der Waals surface area contributed by atoms with Gasteiger partial charge in [-0.1, -0.05) is 13.3 Å². The average Bonchev–Trinajstić information content (AvgIpc) is 1.98. The van der Waals surface area contributed by atoms with Crippen LogP contribution in [-0.4, -0.2) is 28.7 Å². The van der Waals surface area contributed by atoms with E-state index in [2.05, 4.69) is 0 Å². The van der Waals surface area contributed by atoms with Gasteiger partial charge in [0.25, 0.3) is 0 Å². The number of Topliss-reactive ketones (excluding diaryl/α,β-unsaturated/α-hetero) is 1. The van der Waals surface area contributed by atoms with Gasteiger partial charge in [0, 0.05) is 6.42 Å². The van der Waals surface area contributed by atoms with Gasteiger partial charge in [0.05, 0.1) is 6.61 Å². The van der Waals surface area contributed by atoms with Crippen LogP contribution in [0.15, 0.2) is 0 Å². The molecule has 0 aliphatic carbocycles. The fourth-order valence-corrected chi connectivity index (χ4v) is 0.619. The fourth-order valence-electron chi connectivity index (χ4n) is 0.619. The predicted octanol–water partition coefficient (Wildman–Crippen LogP) is 0.0989. The lowest BCUT2D eigenvalue weighted by atomic mass is 10.1. The average molecular weight is 146 g/mol. The van der Waals surface area contributed by atoms with Crippen molar-refractivity contribution >= 4 is 5.78 Å². The van der Waals surface area contributed by atoms with Gasteiger partial charge in [0.15, 0.2) is 5.78 Å². The largest absolute Gasteiger partial charge is 0.393 e. The second kappa shape index (κ2) is 5.38. The van der Waals surface area contributed by atoms with E-state index in [9.17, 15) is 4.79 Å². The van der Waals surface area contributed by atoms with Gasteiger partial charge in [-0.15, -0.1) is 0 Å². The van der Waals surface area contributed by atoms with Crippen LogP contribution >= 0.6 is 0 Å². The highest BCUT2D eigenvalue weighted by Gasteiger charge is 2.11. The standard InChI is InChI=1S/C7H14O3/c1-2-3-4-6(9)7(10)5-8/h7-8,10H,2-5H2,1H3/t7-/m1/s1. The monoisotopic (exact) mass is 146 g/mol. The molecule has 3 nitrogen and oxygen atoms in total. The second-order valence-corrected chi connectivity index (χ2v) is 2.27. The molecule has 0 aliphatic rings. The van der Waals surface area contributed by atoms with Crippen molar-refractivity contribution in [1.29, 1.82) is 0 Å². The molecule has 0 spiro atoms. The van der Waals surface area contributed by atoms with Crippen LogP contribution in [0.25, 0.3) is 0 Å². The van der Waals surface area contributed by atoms with Crippen LogP contribution in [0.3, 0.4) is 0 Å². The molecule has 10 heavy (non-hydrogen) atoms. The molecular formula is C7H14O3. The molecule has 0 saturated heterocycles. The lowest BCUT2D eigenvalue weighted by Gasteiger charge is -2.03. The fraction of sp³-hybridized carbons (Fsp3) is 0.857. The van der Waals surface area contributed by atoms with Crippen LogP contribution in [0.5, 0.6) is 0 Å². The normalized spacial score (nSPS) is 13.1. The zero-order chi connectivity index (χ0) is 7.98. The Morgan fingerprint density at radius 2 is 2.20 bits per heavy atom. The minimum Gasteiger partial charge on any atom is -0.393 e. The lowest BCUT2D eigenvalue weighted by Crippen LogP contribution is -2.23. The summed E-state index contributed by atoms with van der Waals surface area (Å²) in [6.45, 7) is 1.52. The number of ketones is 1. The van der Waals surface area contributed by atoms with E-state index in [1.807, 2.05) is 6.92 Å². The van der Waals surface area contributed by atoms with Gasteiger partial charge in [-0.05, 0) is 6.42 Å². The predicted molar refractivity (Wildman–Crippen MR) is 37.6 cm³/mol.